The number of sulfonamides is 1. The summed E-state index contributed by atoms with van der Waals surface area (Å²) < 4.78 is 22.3. The minimum absolute atomic E-state index is 0.106. The van der Waals surface area contributed by atoms with Crippen LogP contribution in [0.5, 0.6) is 0 Å². The van der Waals surface area contributed by atoms with Crippen molar-refractivity contribution in [1.29, 1.82) is 0 Å². The molecule has 1 aromatic rings. The summed E-state index contributed by atoms with van der Waals surface area (Å²) in [6.07, 6.45) is 0. The summed E-state index contributed by atoms with van der Waals surface area (Å²) in [6.45, 7) is 2.63. The SMILES string of the molecule is CCNCC(=O)Nc1cc(S(N)(=O)=O)ccc1Cl. The Bertz CT molecular complexity index is 545. The summed E-state index contributed by atoms with van der Waals surface area (Å²) in [5, 5.41) is 10.6. The molecule has 0 aliphatic rings. The van der Waals surface area contributed by atoms with E-state index in [0.29, 0.717) is 6.54 Å². The Morgan fingerprint density at radius 3 is 2.67 bits per heavy atom. The van der Waals surface area contributed by atoms with E-state index in [0.717, 1.165) is 0 Å². The average Bonchev–Trinajstić information content (AvgIpc) is 2.28. The van der Waals surface area contributed by atoms with Crippen LogP contribution in [-0.2, 0) is 14.8 Å². The highest BCUT2D eigenvalue weighted by Gasteiger charge is 2.12. The van der Waals surface area contributed by atoms with Crippen LogP contribution in [0.3, 0.4) is 0 Å². The Kier molecular flexibility index (Phi) is 5.09. The third kappa shape index (κ3) is 4.26. The molecular weight excluding hydrogens is 278 g/mol. The van der Waals surface area contributed by atoms with Crippen molar-refractivity contribution in [1.82, 2.24) is 5.32 Å². The molecule has 1 rings (SSSR count). The van der Waals surface area contributed by atoms with Gasteiger partial charge in [0.25, 0.3) is 0 Å². The van der Waals surface area contributed by atoms with Gasteiger partial charge in [0, 0.05) is 0 Å². The molecule has 0 heterocycles. The summed E-state index contributed by atoms with van der Waals surface area (Å²) >= 11 is 5.85. The number of nitrogens with two attached hydrogens (primary N) is 1. The van der Waals surface area contributed by atoms with E-state index in [4.69, 9.17) is 16.7 Å². The van der Waals surface area contributed by atoms with E-state index >= 15 is 0 Å². The van der Waals surface area contributed by atoms with Gasteiger partial charge in [0.15, 0.2) is 0 Å². The van der Waals surface area contributed by atoms with Crippen LogP contribution in [0.2, 0.25) is 5.02 Å². The second-order valence-corrected chi connectivity index (χ2v) is 5.48. The zero-order valence-corrected chi connectivity index (χ0v) is 11.3. The molecule has 0 radical (unpaired) electrons. The predicted molar refractivity (Wildman–Crippen MR) is 70.0 cm³/mol. The van der Waals surface area contributed by atoms with E-state index in [2.05, 4.69) is 10.6 Å². The maximum absolute atomic E-state index is 11.5. The van der Waals surface area contributed by atoms with Gasteiger partial charge in [0.2, 0.25) is 15.9 Å². The van der Waals surface area contributed by atoms with Gasteiger partial charge >= 0.3 is 0 Å². The highest BCUT2D eigenvalue weighted by Crippen LogP contribution is 2.24. The van der Waals surface area contributed by atoms with Crippen LogP contribution in [0.15, 0.2) is 23.1 Å². The Hall–Kier alpha value is -1.15. The van der Waals surface area contributed by atoms with Crippen molar-refractivity contribution >= 4 is 33.2 Å². The normalized spacial score (nSPS) is 11.3. The third-order valence-electron chi connectivity index (χ3n) is 2.08. The number of carbonyl (C=O) groups is 1. The number of nitrogens with one attached hydrogen (secondary N) is 2. The van der Waals surface area contributed by atoms with Crippen molar-refractivity contribution in [3.05, 3.63) is 23.2 Å². The maximum Gasteiger partial charge on any atom is 0.238 e. The second kappa shape index (κ2) is 6.14. The van der Waals surface area contributed by atoms with Gasteiger partial charge in [-0.15, -0.1) is 0 Å². The summed E-state index contributed by atoms with van der Waals surface area (Å²) in [5.41, 5.74) is 0.214. The summed E-state index contributed by atoms with van der Waals surface area (Å²) in [7, 11) is -3.82. The minimum atomic E-state index is -3.82. The smallest absolute Gasteiger partial charge is 0.238 e. The fraction of sp³-hybridized carbons (Fsp3) is 0.300. The highest BCUT2D eigenvalue weighted by atomic mass is 35.5. The van der Waals surface area contributed by atoms with Gasteiger partial charge in [-0.05, 0) is 24.7 Å². The van der Waals surface area contributed by atoms with Crippen LogP contribution in [0, 0.1) is 0 Å². The standard InChI is InChI=1S/C10H14ClN3O3S/c1-2-13-6-10(15)14-9-5-7(18(12,16)17)3-4-8(9)11/h3-5,13H,2,6H2,1H3,(H,14,15)(H2,12,16,17). The molecule has 0 aliphatic heterocycles. The first-order valence-electron chi connectivity index (χ1n) is 5.17. The Morgan fingerprint density at radius 1 is 1.44 bits per heavy atom. The number of benzene rings is 1. The molecule has 0 spiro atoms. The van der Waals surface area contributed by atoms with Gasteiger partial charge in [0.05, 0.1) is 22.2 Å². The lowest BCUT2D eigenvalue weighted by Gasteiger charge is -2.09. The number of primary sulfonamides is 1. The van der Waals surface area contributed by atoms with Gasteiger partial charge in [-0.2, -0.15) is 0 Å². The molecule has 0 saturated heterocycles. The van der Waals surface area contributed by atoms with Crippen LogP contribution >= 0.6 is 11.6 Å². The van der Waals surface area contributed by atoms with Crippen molar-refractivity contribution in [2.45, 2.75) is 11.8 Å². The molecule has 0 aliphatic carbocycles. The van der Waals surface area contributed by atoms with Crippen molar-refractivity contribution in [3.8, 4) is 0 Å². The maximum atomic E-state index is 11.5. The van der Waals surface area contributed by atoms with Crippen LogP contribution in [0.4, 0.5) is 5.69 Å². The summed E-state index contributed by atoms with van der Waals surface area (Å²) in [6, 6.07) is 3.86. The van der Waals surface area contributed by atoms with Crippen molar-refractivity contribution in [2.24, 2.45) is 5.14 Å². The summed E-state index contributed by atoms with van der Waals surface area (Å²) in [4.78, 5) is 11.4. The monoisotopic (exact) mass is 291 g/mol. The first-order chi connectivity index (χ1) is 8.34. The lowest BCUT2D eigenvalue weighted by Crippen LogP contribution is -2.28. The van der Waals surface area contributed by atoms with E-state index in [1.165, 1.54) is 18.2 Å². The Balaban J connectivity index is 2.92. The zero-order chi connectivity index (χ0) is 13.8. The van der Waals surface area contributed by atoms with Gasteiger partial charge < -0.3 is 10.6 Å². The molecule has 100 valence electrons. The molecule has 0 unspecified atom stereocenters. The summed E-state index contributed by atoms with van der Waals surface area (Å²) in [5.74, 6) is -0.315. The number of likely N-dealkylation sites (N-methyl/N-ethyl adjacent to an activating group) is 1. The fourth-order valence-electron chi connectivity index (χ4n) is 1.21. The third-order valence-corrected chi connectivity index (χ3v) is 3.32. The molecule has 0 aromatic heterocycles. The average molecular weight is 292 g/mol. The zero-order valence-electron chi connectivity index (χ0n) is 9.73. The van der Waals surface area contributed by atoms with Crippen molar-refractivity contribution in [2.75, 3.05) is 18.4 Å². The van der Waals surface area contributed by atoms with Gasteiger partial charge in [-0.25, -0.2) is 13.6 Å². The van der Waals surface area contributed by atoms with Gasteiger partial charge in [0.1, 0.15) is 0 Å². The first kappa shape index (κ1) is 14.9. The number of hydrogen-bond donors (Lipinski definition) is 3. The predicted octanol–water partition coefficient (Wildman–Crippen LogP) is 0.535. The van der Waals surface area contributed by atoms with E-state index in [9.17, 15) is 13.2 Å². The molecule has 0 saturated carbocycles. The lowest BCUT2D eigenvalue weighted by molar-refractivity contribution is -0.115. The van der Waals surface area contributed by atoms with E-state index < -0.39 is 10.0 Å². The van der Waals surface area contributed by atoms with Crippen LogP contribution < -0.4 is 15.8 Å². The highest BCUT2D eigenvalue weighted by molar-refractivity contribution is 7.89. The molecule has 0 bridgehead atoms. The number of amides is 1. The van der Waals surface area contributed by atoms with Crippen LogP contribution in [0.1, 0.15) is 6.92 Å². The number of rotatable bonds is 5. The van der Waals surface area contributed by atoms with Gasteiger partial charge in [-0.1, -0.05) is 18.5 Å². The fourth-order valence-corrected chi connectivity index (χ4v) is 1.91. The number of halogens is 1. The molecule has 0 fully saturated rings. The first-order valence-corrected chi connectivity index (χ1v) is 7.10. The molecule has 8 heteroatoms. The quantitative estimate of drug-likeness (QED) is 0.737. The molecule has 18 heavy (non-hydrogen) atoms. The largest absolute Gasteiger partial charge is 0.324 e. The number of anilines is 1. The second-order valence-electron chi connectivity index (χ2n) is 3.52. The van der Waals surface area contributed by atoms with E-state index in [1.807, 2.05) is 6.92 Å². The van der Waals surface area contributed by atoms with Crippen LogP contribution in [-0.4, -0.2) is 27.4 Å². The number of carbonyl (C=O) groups excluding carboxylic acids is 1. The number of hydrogen-bond acceptors (Lipinski definition) is 4. The molecule has 0 atom stereocenters. The van der Waals surface area contributed by atoms with Crippen molar-refractivity contribution in [3.63, 3.8) is 0 Å². The molecule has 4 N–H and O–H groups in total. The van der Waals surface area contributed by atoms with Crippen molar-refractivity contribution < 1.29 is 13.2 Å². The molecular formula is C10H14ClN3O3S. The van der Waals surface area contributed by atoms with E-state index in [1.54, 1.807) is 0 Å². The topological polar surface area (TPSA) is 101 Å². The Morgan fingerprint density at radius 2 is 2.11 bits per heavy atom. The van der Waals surface area contributed by atoms with E-state index in [-0.39, 0.29) is 28.1 Å². The molecule has 1 aromatic carbocycles. The molecule has 1 amide bonds. The van der Waals surface area contributed by atoms with Gasteiger partial charge in [-0.3, -0.25) is 4.79 Å². The molecule has 6 nitrogen and oxygen atoms in total. The lowest BCUT2D eigenvalue weighted by atomic mass is 10.3. The van der Waals surface area contributed by atoms with Crippen LogP contribution in [0.25, 0.3) is 0 Å². The minimum Gasteiger partial charge on any atom is -0.324 e. The Labute approximate surface area is 111 Å².